The van der Waals surface area contributed by atoms with E-state index in [9.17, 15) is 0 Å². The van der Waals surface area contributed by atoms with Crippen molar-refractivity contribution in [1.82, 2.24) is 25.1 Å². The molecule has 2 aromatic heterocycles. The highest BCUT2D eigenvalue weighted by Gasteiger charge is 2.10. The van der Waals surface area contributed by atoms with Crippen molar-refractivity contribution in [3.05, 3.63) is 42.4 Å². The summed E-state index contributed by atoms with van der Waals surface area (Å²) in [6, 6.07) is 8.35. The van der Waals surface area contributed by atoms with Gasteiger partial charge in [-0.15, -0.1) is 5.10 Å². The van der Waals surface area contributed by atoms with Gasteiger partial charge >= 0.3 is 6.01 Å². The van der Waals surface area contributed by atoms with E-state index < -0.39 is 0 Å². The van der Waals surface area contributed by atoms with E-state index in [4.69, 9.17) is 4.74 Å². The van der Waals surface area contributed by atoms with Crippen LogP contribution in [0.15, 0.2) is 36.8 Å². The predicted molar refractivity (Wildman–Crippen MR) is 80.2 cm³/mol. The molecule has 3 rings (SSSR count). The number of pyridine rings is 1. The molecule has 3 aromatic rings. The van der Waals surface area contributed by atoms with E-state index in [1.165, 1.54) is 0 Å². The Hall–Kier alpha value is -2.47. The lowest BCUT2D eigenvalue weighted by molar-refractivity contribution is 0.427. The van der Waals surface area contributed by atoms with Gasteiger partial charge in [0, 0.05) is 25.2 Å². The molecule has 0 radical (unpaired) electrons. The number of ether oxygens (including phenoxy) is 1. The number of nitrogens with one attached hydrogen (secondary N) is 1. The molecule has 108 valence electrons. The summed E-state index contributed by atoms with van der Waals surface area (Å²) < 4.78 is 7.29. The van der Waals surface area contributed by atoms with E-state index in [0.29, 0.717) is 11.9 Å². The van der Waals surface area contributed by atoms with Gasteiger partial charge in [-0.3, -0.25) is 4.68 Å². The van der Waals surface area contributed by atoms with Crippen molar-refractivity contribution in [3.63, 3.8) is 0 Å². The molecule has 0 atom stereocenters. The molecule has 6 heteroatoms. The van der Waals surface area contributed by atoms with Crippen molar-refractivity contribution in [3.8, 4) is 11.9 Å². The lowest BCUT2D eigenvalue weighted by atomic mass is 10.1. The van der Waals surface area contributed by atoms with Crippen LogP contribution >= 0.6 is 0 Å². The number of hydrogen-bond donors (Lipinski definition) is 1. The average molecular weight is 283 g/mol. The van der Waals surface area contributed by atoms with Crippen LogP contribution in [0, 0.1) is 0 Å². The third-order valence-electron chi connectivity index (χ3n) is 3.17. The minimum absolute atomic E-state index is 0.301. The highest BCUT2D eigenvalue weighted by atomic mass is 16.5. The maximum absolute atomic E-state index is 5.70. The first-order valence-electron chi connectivity index (χ1n) is 6.88. The number of aromatic nitrogens is 4. The van der Waals surface area contributed by atoms with Gasteiger partial charge in [-0.1, -0.05) is 25.1 Å². The molecule has 0 amide bonds. The predicted octanol–water partition coefficient (Wildman–Crippen LogP) is 2.27. The second-order valence-electron chi connectivity index (χ2n) is 4.72. The van der Waals surface area contributed by atoms with Gasteiger partial charge < -0.3 is 10.1 Å². The van der Waals surface area contributed by atoms with E-state index in [1.807, 2.05) is 24.4 Å². The van der Waals surface area contributed by atoms with Crippen LogP contribution in [0.2, 0.25) is 0 Å². The number of rotatable bonds is 5. The van der Waals surface area contributed by atoms with Gasteiger partial charge in [0.15, 0.2) is 0 Å². The Morgan fingerprint density at radius 1 is 1.19 bits per heavy atom. The van der Waals surface area contributed by atoms with Crippen LogP contribution in [-0.4, -0.2) is 26.3 Å². The molecule has 0 spiro atoms. The third-order valence-corrected chi connectivity index (χ3v) is 3.17. The van der Waals surface area contributed by atoms with E-state index >= 15 is 0 Å². The van der Waals surface area contributed by atoms with E-state index in [-0.39, 0.29) is 0 Å². The lowest BCUT2D eigenvalue weighted by Crippen LogP contribution is -2.12. The molecule has 0 unspecified atom stereocenters. The number of aryl methyl sites for hydroxylation is 1. The Kier molecular flexibility index (Phi) is 3.79. The quantitative estimate of drug-likeness (QED) is 0.778. The lowest BCUT2D eigenvalue weighted by Gasteiger charge is -2.09. The fourth-order valence-electron chi connectivity index (χ4n) is 2.16. The van der Waals surface area contributed by atoms with Crippen molar-refractivity contribution < 1.29 is 4.74 Å². The van der Waals surface area contributed by atoms with Crippen molar-refractivity contribution in [2.24, 2.45) is 7.05 Å². The fraction of sp³-hybridized carbons (Fsp3) is 0.267. The van der Waals surface area contributed by atoms with Gasteiger partial charge in [-0.2, -0.15) is 4.98 Å². The van der Waals surface area contributed by atoms with Gasteiger partial charge in [-0.25, -0.2) is 4.98 Å². The van der Waals surface area contributed by atoms with Crippen molar-refractivity contribution in [1.29, 1.82) is 0 Å². The van der Waals surface area contributed by atoms with Gasteiger partial charge in [-0.05, 0) is 23.6 Å². The maximum atomic E-state index is 5.70. The molecule has 2 heterocycles. The highest BCUT2D eigenvalue weighted by Crippen LogP contribution is 2.28. The molecule has 0 aliphatic rings. The monoisotopic (exact) mass is 283 g/mol. The number of nitrogens with zero attached hydrogens (tertiary/aromatic N) is 4. The first-order valence-corrected chi connectivity index (χ1v) is 6.88. The largest absolute Gasteiger partial charge is 0.403 e. The van der Waals surface area contributed by atoms with Crippen LogP contribution in [0.25, 0.3) is 10.8 Å². The summed E-state index contributed by atoms with van der Waals surface area (Å²) in [6.45, 7) is 3.79. The van der Waals surface area contributed by atoms with Gasteiger partial charge in [0.2, 0.25) is 5.88 Å². The molecule has 0 saturated heterocycles. The molecule has 0 aliphatic heterocycles. The Balaban J connectivity index is 2.00. The van der Waals surface area contributed by atoms with Crippen molar-refractivity contribution in [2.75, 3.05) is 6.54 Å². The van der Waals surface area contributed by atoms with E-state index in [1.54, 1.807) is 18.1 Å². The van der Waals surface area contributed by atoms with Gasteiger partial charge in [0.1, 0.15) is 6.33 Å². The summed E-state index contributed by atoms with van der Waals surface area (Å²) in [4.78, 5) is 8.48. The molecule has 1 aromatic carbocycles. The van der Waals surface area contributed by atoms with Crippen LogP contribution in [0.4, 0.5) is 0 Å². The molecular weight excluding hydrogens is 266 g/mol. The topological polar surface area (TPSA) is 64.9 Å². The first kappa shape index (κ1) is 13.5. The van der Waals surface area contributed by atoms with Crippen LogP contribution in [0.1, 0.15) is 12.5 Å². The Morgan fingerprint density at radius 2 is 2.00 bits per heavy atom. The maximum Gasteiger partial charge on any atom is 0.342 e. The van der Waals surface area contributed by atoms with Crippen molar-refractivity contribution in [2.45, 2.75) is 13.5 Å². The third kappa shape index (κ3) is 2.85. The first-order chi connectivity index (χ1) is 10.3. The van der Waals surface area contributed by atoms with Gasteiger partial charge in [0.05, 0.1) is 0 Å². The zero-order valence-corrected chi connectivity index (χ0v) is 12.1. The summed E-state index contributed by atoms with van der Waals surface area (Å²) in [6.07, 6.45) is 3.43. The van der Waals surface area contributed by atoms with Crippen molar-refractivity contribution >= 4 is 10.8 Å². The van der Waals surface area contributed by atoms with Crippen LogP contribution < -0.4 is 10.1 Å². The number of benzene rings is 1. The summed E-state index contributed by atoms with van der Waals surface area (Å²) in [5, 5.41) is 9.52. The molecule has 0 bridgehead atoms. The second kappa shape index (κ2) is 5.88. The second-order valence-corrected chi connectivity index (χ2v) is 4.72. The van der Waals surface area contributed by atoms with Crippen LogP contribution in [0.5, 0.6) is 11.9 Å². The minimum Gasteiger partial charge on any atom is -0.403 e. The Labute approximate surface area is 122 Å². The SMILES string of the molecule is CCNCc1cnc(Oc2ncn(C)n2)c2ccccc12. The van der Waals surface area contributed by atoms with Crippen LogP contribution in [0.3, 0.4) is 0 Å². The molecule has 1 N–H and O–H groups in total. The molecule has 21 heavy (non-hydrogen) atoms. The molecule has 0 aliphatic carbocycles. The number of fused-ring (bicyclic) bond motifs is 1. The zero-order valence-electron chi connectivity index (χ0n) is 12.1. The highest BCUT2D eigenvalue weighted by molar-refractivity contribution is 5.89. The summed E-state index contributed by atoms with van der Waals surface area (Å²) >= 11 is 0. The molecule has 6 nitrogen and oxygen atoms in total. The molecule has 0 fully saturated rings. The van der Waals surface area contributed by atoms with Gasteiger partial charge in [0.25, 0.3) is 0 Å². The Bertz CT molecular complexity index is 753. The smallest absolute Gasteiger partial charge is 0.342 e. The summed E-state index contributed by atoms with van der Waals surface area (Å²) in [5.74, 6) is 0.525. The summed E-state index contributed by atoms with van der Waals surface area (Å²) in [7, 11) is 1.80. The minimum atomic E-state index is 0.301. The van der Waals surface area contributed by atoms with E-state index in [2.05, 4.69) is 33.4 Å². The summed E-state index contributed by atoms with van der Waals surface area (Å²) in [5.41, 5.74) is 1.15. The normalized spacial score (nSPS) is 11.0. The molecule has 0 saturated carbocycles. The molecular formula is C15H17N5O. The number of hydrogen-bond acceptors (Lipinski definition) is 5. The fourth-order valence-corrected chi connectivity index (χ4v) is 2.16. The average Bonchev–Trinajstić information content (AvgIpc) is 2.92. The Morgan fingerprint density at radius 3 is 2.71 bits per heavy atom. The van der Waals surface area contributed by atoms with E-state index in [0.717, 1.165) is 29.4 Å². The standard InChI is InChI=1S/C15H17N5O/c1-3-16-8-11-9-17-14(13-7-5-4-6-12(11)13)21-15-18-10-20(2)19-15/h4-7,9-10,16H,3,8H2,1-2H3. The zero-order chi connectivity index (χ0) is 14.7. The van der Waals surface area contributed by atoms with Crippen LogP contribution in [-0.2, 0) is 13.6 Å².